The molecule has 0 saturated heterocycles. The van der Waals surface area contributed by atoms with E-state index in [4.69, 9.17) is 0 Å². The summed E-state index contributed by atoms with van der Waals surface area (Å²) in [4.78, 5) is 0. The van der Waals surface area contributed by atoms with Gasteiger partial charge in [0.2, 0.25) is 0 Å². The van der Waals surface area contributed by atoms with Crippen LogP contribution in [0, 0.1) is 0 Å². The molecule has 0 fully saturated rings. The van der Waals surface area contributed by atoms with Gasteiger partial charge in [0.1, 0.15) is 0 Å². The second-order valence-electron chi connectivity index (χ2n) is 4.30. The highest BCUT2D eigenvalue weighted by Crippen LogP contribution is 2.27. The van der Waals surface area contributed by atoms with E-state index in [-0.39, 0.29) is 0 Å². The minimum absolute atomic E-state index is 1.01. The highest BCUT2D eigenvalue weighted by atomic mass is 14.1. The Morgan fingerprint density at radius 2 is 1.47 bits per heavy atom. The van der Waals surface area contributed by atoms with Crippen molar-refractivity contribution in [2.45, 2.75) is 6.42 Å². The average Bonchev–Trinajstić information content (AvgIpc) is 3.00. The Balaban J connectivity index is 1.92. The standard InChI is InChI=1S/C17H14/c1-2-7-14(8-3-1)13-16-11-6-12-17(16)15-9-4-5-10-15/h1-12H,13H2/q-2. The Morgan fingerprint density at radius 1 is 0.706 bits per heavy atom. The van der Waals surface area contributed by atoms with Gasteiger partial charge in [-0.1, -0.05) is 54.4 Å². The number of benzene rings is 1. The lowest BCUT2D eigenvalue weighted by molar-refractivity contribution is 1.21. The number of hydrogen-bond acceptors (Lipinski definition) is 0. The molecule has 0 unspecified atom stereocenters. The van der Waals surface area contributed by atoms with E-state index in [1.54, 1.807) is 0 Å². The molecule has 0 bridgehead atoms. The molecule has 0 aliphatic rings. The largest absolute Gasteiger partial charge is 0.302 e. The Kier molecular flexibility index (Phi) is 2.63. The summed E-state index contributed by atoms with van der Waals surface area (Å²) < 4.78 is 0. The fourth-order valence-corrected chi connectivity index (χ4v) is 2.26. The van der Waals surface area contributed by atoms with Crippen LogP contribution in [0.15, 0.2) is 72.8 Å². The van der Waals surface area contributed by atoms with Gasteiger partial charge in [-0.15, -0.1) is 12.1 Å². The van der Waals surface area contributed by atoms with E-state index in [0.29, 0.717) is 0 Å². The lowest BCUT2D eigenvalue weighted by Crippen LogP contribution is -1.87. The van der Waals surface area contributed by atoms with Gasteiger partial charge in [-0.3, -0.25) is 11.6 Å². The van der Waals surface area contributed by atoms with E-state index in [1.807, 2.05) is 0 Å². The summed E-state index contributed by atoms with van der Waals surface area (Å²) >= 11 is 0. The van der Waals surface area contributed by atoms with E-state index in [9.17, 15) is 0 Å². The molecule has 0 radical (unpaired) electrons. The van der Waals surface area contributed by atoms with E-state index >= 15 is 0 Å². The number of hydrogen-bond donors (Lipinski definition) is 0. The van der Waals surface area contributed by atoms with Gasteiger partial charge in [0, 0.05) is 0 Å². The second-order valence-corrected chi connectivity index (χ2v) is 4.30. The molecule has 3 rings (SSSR count). The zero-order valence-electron chi connectivity index (χ0n) is 9.64. The zero-order chi connectivity index (χ0) is 11.5. The maximum absolute atomic E-state index is 2.22. The van der Waals surface area contributed by atoms with Crippen LogP contribution >= 0.6 is 0 Å². The molecule has 0 aliphatic carbocycles. The van der Waals surface area contributed by atoms with Crippen LogP contribution in [0.5, 0.6) is 0 Å². The van der Waals surface area contributed by atoms with Crippen molar-refractivity contribution in [1.82, 2.24) is 0 Å². The highest BCUT2D eigenvalue weighted by Gasteiger charge is 1.92. The summed E-state index contributed by atoms with van der Waals surface area (Å²) in [5, 5.41) is 0. The van der Waals surface area contributed by atoms with Crippen molar-refractivity contribution in [2.75, 3.05) is 0 Å². The molecule has 0 saturated carbocycles. The lowest BCUT2D eigenvalue weighted by atomic mass is 10.0. The van der Waals surface area contributed by atoms with E-state index < -0.39 is 0 Å². The van der Waals surface area contributed by atoms with Gasteiger partial charge in [0.05, 0.1) is 0 Å². The monoisotopic (exact) mass is 218 g/mol. The molecule has 0 heterocycles. The molecule has 84 valence electrons. The third kappa shape index (κ3) is 2.07. The van der Waals surface area contributed by atoms with Crippen molar-refractivity contribution >= 4 is 0 Å². The minimum atomic E-state index is 1.01. The first-order chi connectivity index (χ1) is 8.43. The van der Waals surface area contributed by atoms with Crippen LogP contribution in [-0.2, 0) is 6.42 Å². The maximum atomic E-state index is 2.22. The summed E-state index contributed by atoms with van der Waals surface area (Å²) in [5.74, 6) is 0. The van der Waals surface area contributed by atoms with Crippen LogP contribution < -0.4 is 0 Å². The normalized spacial score (nSPS) is 10.6. The highest BCUT2D eigenvalue weighted by molar-refractivity contribution is 5.69. The van der Waals surface area contributed by atoms with Crippen LogP contribution in [-0.4, -0.2) is 0 Å². The molecule has 3 aromatic carbocycles. The first-order valence-electron chi connectivity index (χ1n) is 5.94. The van der Waals surface area contributed by atoms with Crippen molar-refractivity contribution in [3.8, 4) is 11.1 Å². The van der Waals surface area contributed by atoms with Crippen LogP contribution in [0.1, 0.15) is 11.1 Å². The molecule has 3 aromatic rings. The van der Waals surface area contributed by atoms with E-state index in [2.05, 4.69) is 72.8 Å². The van der Waals surface area contributed by atoms with E-state index in [1.165, 1.54) is 22.3 Å². The fourth-order valence-electron chi connectivity index (χ4n) is 2.26. The number of rotatable bonds is 3. The maximum Gasteiger partial charge on any atom is -0.0602 e. The fraction of sp³-hybridized carbons (Fsp3) is 0.0588. The summed E-state index contributed by atoms with van der Waals surface area (Å²) in [7, 11) is 0. The molecule has 0 amide bonds. The SMILES string of the molecule is c1ccc(C[c-]2cccc2-[c-]2cccc2)cc1. The first-order valence-corrected chi connectivity index (χ1v) is 5.94. The molecule has 0 spiro atoms. The van der Waals surface area contributed by atoms with Crippen molar-refractivity contribution in [3.63, 3.8) is 0 Å². The molecule has 0 aliphatic heterocycles. The molecular formula is C17H14-2. The van der Waals surface area contributed by atoms with Gasteiger partial charge < -0.3 is 6.07 Å². The predicted molar refractivity (Wildman–Crippen MR) is 72.3 cm³/mol. The van der Waals surface area contributed by atoms with E-state index in [0.717, 1.165) is 6.42 Å². The van der Waals surface area contributed by atoms with Crippen LogP contribution in [0.4, 0.5) is 0 Å². The van der Waals surface area contributed by atoms with Gasteiger partial charge in [0.15, 0.2) is 0 Å². The molecule has 0 atom stereocenters. The molecular weight excluding hydrogens is 204 g/mol. The smallest absolute Gasteiger partial charge is 0.0602 e. The summed E-state index contributed by atoms with van der Waals surface area (Å²) in [6, 6.07) is 25.7. The third-order valence-corrected chi connectivity index (χ3v) is 3.12. The topological polar surface area (TPSA) is 0 Å². The van der Waals surface area contributed by atoms with Crippen LogP contribution in [0.3, 0.4) is 0 Å². The van der Waals surface area contributed by atoms with Crippen molar-refractivity contribution < 1.29 is 0 Å². The van der Waals surface area contributed by atoms with Crippen LogP contribution in [0.25, 0.3) is 11.1 Å². The third-order valence-electron chi connectivity index (χ3n) is 3.12. The zero-order valence-corrected chi connectivity index (χ0v) is 9.64. The Hall–Kier alpha value is -2.08. The molecule has 17 heavy (non-hydrogen) atoms. The Bertz CT molecular complexity index is 568. The predicted octanol–water partition coefficient (Wildman–Crippen LogP) is 4.38. The average molecular weight is 218 g/mol. The molecule has 0 N–H and O–H groups in total. The molecule has 0 aromatic heterocycles. The van der Waals surface area contributed by atoms with Gasteiger partial charge in [-0.25, -0.2) is 11.6 Å². The molecule has 0 heteroatoms. The molecule has 0 nitrogen and oxygen atoms in total. The van der Waals surface area contributed by atoms with Gasteiger partial charge >= 0.3 is 0 Å². The van der Waals surface area contributed by atoms with Gasteiger partial charge in [-0.2, -0.15) is 5.56 Å². The first kappa shape index (κ1) is 10.1. The lowest BCUT2D eigenvalue weighted by Gasteiger charge is -2.18. The second kappa shape index (κ2) is 4.42. The Morgan fingerprint density at radius 3 is 2.24 bits per heavy atom. The van der Waals surface area contributed by atoms with Crippen LogP contribution in [0.2, 0.25) is 0 Å². The quantitative estimate of drug-likeness (QED) is 0.572. The Labute approximate surface area is 102 Å². The minimum Gasteiger partial charge on any atom is -0.302 e. The van der Waals surface area contributed by atoms with Gasteiger partial charge in [-0.05, 0) is 0 Å². The summed E-state index contributed by atoms with van der Waals surface area (Å²) in [6.07, 6.45) is 1.01. The van der Waals surface area contributed by atoms with Crippen molar-refractivity contribution in [1.29, 1.82) is 0 Å². The van der Waals surface area contributed by atoms with Crippen molar-refractivity contribution in [3.05, 3.63) is 83.9 Å². The summed E-state index contributed by atoms with van der Waals surface area (Å²) in [6.45, 7) is 0. The summed E-state index contributed by atoms with van der Waals surface area (Å²) in [5.41, 5.74) is 5.45. The van der Waals surface area contributed by atoms with Gasteiger partial charge in [0.25, 0.3) is 0 Å². The van der Waals surface area contributed by atoms with Crippen molar-refractivity contribution in [2.24, 2.45) is 0 Å².